The quantitative estimate of drug-likeness (QED) is 0.738. The molecular weight excluding hydrogens is 248 g/mol. The largest absolute Gasteiger partial charge is 0.373 e. The van der Waals surface area contributed by atoms with Crippen molar-refractivity contribution in [3.8, 4) is 0 Å². The molecule has 0 N–H and O–H groups in total. The highest BCUT2D eigenvalue weighted by Crippen LogP contribution is 2.25. The third-order valence-electron chi connectivity index (χ3n) is 3.34. The van der Waals surface area contributed by atoms with Crippen molar-refractivity contribution in [3.05, 3.63) is 34.9 Å². The van der Waals surface area contributed by atoms with E-state index in [9.17, 15) is 0 Å². The van der Waals surface area contributed by atoms with Gasteiger partial charge in [-0.25, -0.2) is 0 Å². The molecule has 0 aliphatic carbocycles. The Morgan fingerprint density at radius 1 is 1.11 bits per heavy atom. The van der Waals surface area contributed by atoms with E-state index in [0.717, 1.165) is 17.0 Å². The van der Waals surface area contributed by atoms with Crippen LogP contribution in [0.2, 0.25) is 5.02 Å². The standard InChI is InChI=1S/C15H21ClO2/c1-2-3-4-5-14-10-18-15(11-17-14)12-6-8-13(16)9-7-12/h6-9,14-15H,2-5,10-11H2,1H3. The van der Waals surface area contributed by atoms with Gasteiger partial charge in [0.1, 0.15) is 6.10 Å². The van der Waals surface area contributed by atoms with Crippen LogP contribution < -0.4 is 0 Å². The van der Waals surface area contributed by atoms with E-state index in [1.54, 1.807) is 0 Å². The van der Waals surface area contributed by atoms with Gasteiger partial charge in [-0.2, -0.15) is 0 Å². The van der Waals surface area contributed by atoms with Crippen molar-refractivity contribution in [1.29, 1.82) is 0 Å². The molecule has 0 aromatic heterocycles. The lowest BCUT2D eigenvalue weighted by Crippen LogP contribution is -2.31. The minimum atomic E-state index is 0.0599. The van der Waals surface area contributed by atoms with E-state index in [2.05, 4.69) is 6.92 Å². The van der Waals surface area contributed by atoms with Crippen LogP contribution in [0.1, 0.15) is 44.3 Å². The Kier molecular flexibility index (Phi) is 5.48. The van der Waals surface area contributed by atoms with Crippen LogP contribution in [-0.2, 0) is 9.47 Å². The molecule has 0 radical (unpaired) electrons. The molecule has 2 atom stereocenters. The van der Waals surface area contributed by atoms with Gasteiger partial charge in [0.2, 0.25) is 0 Å². The van der Waals surface area contributed by atoms with Crippen LogP contribution in [0.4, 0.5) is 0 Å². The molecule has 0 spiro atoms. The normalized spacial score (nSPS) is 24.1. The van der Waals surface area contributed by atoms with Crippen LogP contribution in [0.5, 0.6) is 0 Å². The Morgan fingerprint density at radius 2 is 1.89 bits per heavy atom. The zero-order chi connectivity index (χ0) is 12.8. The van der Waals surface area contributed by atoms with Gasteiger partial charge in [-0.3, -0.25) is 0 Å². The van der Waals surface area contributed by atoms with Crippen molar-refractivity contribution >= 4 is 11.6 Å². The molecule has 1 heterocycles. The maximum absolute atomic E-state index is 5.88. The van der Waals surface area contributed by atoms with Gasteiger partial charge in [0.05, 0.1) is 19.3 Å². The summed E-state index contributed by atoms with van der Waals surface area (Å²) in [6.07, 6.45) is 5.21. The third-order valence-corrected chi connectivity index (χ3v) is 3.59. The summed E-state index contributed by atoms with van der Waals surface area (Å²) in [6, 6.07) is 7.81. The maximum Gasteiger partial charge on any atom is 0.106 e. The van der Waals surface area contributed by atoms with Crippen LogP contribution in [0, 0.1) is 0 Å². The zero-order valence-electron chi connectivity index (χ0n) is 10.9. The fourth-order valence-corrected chi connectivity index (χ4v) is 2.33. The molecule has 1 aromatic rings. The Bertz CT molecular complexity index is 342. The molecule has 1 aliphatic heterocycles. The molecular formula is C15H21ClO2. The molecule has 0 bridgehead atoms. The van der Waals surface area contributed by atoms with E-state index in [1.165, 1.54) is 19.3 Å². The highest BCUT2D eigenvalue weighted by molar-refractivity contribution is 6.30. The van der Waals surface area contributed by atoms with Crippen molar-refractivity contribution in [1.82, 2.24) is 0 Å². The average molecular weight is 269 g/mol. The third kappa shape index (κ3) is 3.98. The number of rotatable bonds is 5. The highest BCUT2D eigenvalue weighted by atomic mass is 35.5. The van der Waals surface area contributed by atoms with Crippen LogP contribution in [-0.4, -0.2) is 19.3 Å². The lowest BCUT2D eigenvalue weighted by molar-refractivity contribution is -0.137. The van der Waals surface area contributed by atoms with E-state index < -0.39 is 0 Å². The molecule has 0 saturated carbocycles. The highest BCUT2D eigenvalue weighted by Gasteiger charge is 2.22. The summed E-state index contributed by atoms with van der Waals surface area (Å²) in [7, 11) is 0. The number of benzene rings is 1. The van der Waals surface area contributed by atoms with Crippen molar-refractivity contribution in [2.75, 3.05) is 13.2 Å². The number of hydrogen-bond donors (Lipinski definition) is 0. The minimum Gasteiger partial charge on any atom is -0.373 e. The Balaban J connectivity index is 1.77. The molecule has 2 nitrogen and oxygen atoms in total. The first-order valence-electron chi connectivity index (χ1n) is 6.78. The lowest BCUT2D eigenvalue weighted by atomic mass is 10.1. The van der Waals surface area contributed by atoms with Crippen molar-refractivity contribution in [2.45, 2.75) is 44.8 Å². The number of ether oxygens (including phenoxy) is 2. The van der Waals surface area contributed by atoms with Crippen LogP contribution in [0.15, 0.2) is 24.3 Å². The summed E-state index contributed by atoms with van der Waals surface area (Å²) in [5.41, 5.74) is 1.14. The number of halogens is 1. The van der Waals surface area contributed by atoms with Gasteiger partial charge < -0.3 is 9.47 Å². The summed E-state index contributed by atoms with van der Waals surface area (Å²) < 4.78 is 11.7. The second kappa shape index (κ2) is 7.13. The fraction of sp³-hybridized carbons (Fsp3) is 0.600. The van der Waals surface area contributed by atoms with Gasteiger partial charge in [-0.1, -0.05) is 49.9 Å². The first-order valence-corrected chi connectivity index (χ1v) is 7.16. The van der Waals surface area contributed by atoms with Crippen LogP contribution in [0.3, 0.4) is 0 Å². The molecule has 0 amide bonds. The van der Waals surface area contributed by atoms with Crippen molar-refractivity contribution in [3.63, 3.8) is 0 Å². The Hall–Kier alpha value is -0.570. The van der Waals surface area contributed by atoms with E-state index >= 15 is 0 Å². The van der Waals surface area contributed by atoms with Crippen LogP contribution >= 0.6 is 11.6 Å². The molecule has 18 heavy (non-hydrogen) atoms. The summed E-state index contributed by atoms with van der Waals surface area (Å²) >= 11 is 5.87. The van der Waals surface area contributed by atoms with Crippen molar-refractivity contribution < 1.29 is 9.47 Å². The van der Waals surface area contributed by atoms with E-state index in [4.69, 9.17) is 21.1 Å². The van der Waals surface area contributed by atoms with E-state index in [0.29, 0.717) is 13.2 Å². The minimum absolute atomic E-state index is 0.0599. The second-order valence-electron chi connectivity index (χ2n) is 4.82. The summed E-state index contributed by atoms with van der Waals surface area (Å²) in [6.45, 7) is 3.57. The van der Waals surface area contributed by atoms with E-state index in [-0.39, 0.29) is 12.2 Å². The molecule has 1 fully saturated rings. The fourth-order valence-electron chi connectivity index (χ4n) is 2.20. The van der Waals surface area contributed by atoms with E-state index in [1.807, 2.05) is 24.3 Å². The molecule has 3 heteroatoms. The number of unbranched alkanes of at least 4 members (excludes halogenated alkanes) is 2. The Morgan fingerprint density at radius 3 is 2.50 bits per heavy atom. The topological polar surface area (TPSA) is 18.5 Å². The predicted molar refractivity (Wildman–Crippen MR) is 74.0 cm³/mol. The average Bonchev–Trinajstić information content (AvgIpc) is 2.41. The molecule has 1 aliphatic rings. The first-order chi connectivity index (χ1) is 8.79. The summed E-state index contributed by atoms with van der Waals surface area (Å²) in [4.78, 5) is 0. The monoisotopic (exact) mass is 268 g/mol. The maximum atomic E-state index is 5.88. The zero-order valence-corrected chi connectivity index (χ0v) is 11.7. The van der Waals surface area contributed by atoms with Crippen LogP contribution in [0.25, 0.3) is 0 Å². The molecule has 2 unspecified atom stereocenters. The van der Waals surface area contributed by atoms with Crippen molar-refractivity contribution in [2.24, 2.45) is 0 Å². The molecule has 1 saturated heterocycles. The first kappa shape index (κ1) is 13.9. The Labute approximate surface area is 114 Å². The molecule has 1 aromatic carbocycles. The summed E-state index contributed by atoms with van der Waals surface area (Å²) in [5.74, 6) is 0. The van der Waals surface area contributed by atoms with Gasteiger partial charge >= 0.3 is 0 Å². The smallest absolute Gasteiger partial charge is 0.106 e. The predicted octanol–water partition coefficient (Wildman–Crippen LogP) is 4.38. The summed E-state index contributed by atoms with van der Waals surface area (Å²) in [5, 5.41) is 0.757. The molecule has 100 valence electrons. The number of hydrogen-bond acceptors (Lipinski definition) is 2. The van der Waals surface area contributed by atoms with Gasteiger partial charge in [0.15, 0.2) is 0 Å². The van der Waals surface area contributed by atoms with Gasteiger partial charge in [-0.15, -0.1) is 0 Å². The van der Waals surface area contributed by atoms with Gasteiger partial charge in [0.25, 0.3) is 0 Å². The second-order valence-corrected chi connectivity index (χ2v) is 5.26. The SMILES string of the molecule is CCCCCC1COC(c2ccc(Cl)cc2)CO1. The van der Waals surface area contributed by atoms with Gasteiger partial charge in [-0.05, 0) is 24.1 Å². The molecule has 2 rings (SSSR count). The van der Waals surface area contributed by atoms with Gasteiger partial charge in [0, 0.05) is 5.02 Å². The lowest BCUT2D eigenvalue weighted by Gasteiger charge is -2.29.